The van der Waals surface area contributed by atoms with Gasteiger partial charge >= 0.3 is 0 Å². The number of fused-ring (bicyclic) bond motifs is 1. The molecule has 1 saturated heterocycles. The lowest BCUT2D eigenvalue weighted by molar-refractivity contribution is 0.150. The van der Waals surface area contributed by atoms with E-state index >= 15 is 0 Å². The van der Waals surface area contributed by atoms with E-state index < -0.39 is 22.1 Å². The van der Waals surface area contributed by atoms with E-state index in [9.17, 15) is 22.3 Å². The molecular formula is C29H31F2N3O4S2. The van der Waals surface area contributed by atoms with E-state index in [0.717, 1.165) is 29.8 Å². The number of piperidine rings is 1. The Morgan fingerprint density at radius 2 is 1.75 bits per heavy atom. The van der Waals surface area contributed by atoms with Crippen molar-refractivity contribution in [1.82, 2.24) is 9.62 Å². The standard InChI is InChI=1S/C29H31F2N3O4S2/c1-32-29(35)27-24-15-23(19-5-4-14-34(17-19)40(36,37)22-12-10-21(31)11-13-22)25(33(2)39-3)16-26(24)38-28(27)18-6-8-20(30)9-7-18/h6-13,15-16,19,29,32,35H,4-5,14,17H2,1-3H3. The highest BCUT2D eigenvalue weighted by atomic mass is 32.2. The Bertz CT molecular complexity index is 1610. The second kappa shape index (κ2) is 11.5. The van der Waals surface area contributed by atoms with Crippen LogP contribution < -0.4 is 9.62 Å². The van der Waals surface area contributed by atoms with Crippen LogP contribution in [0.2, 0.25) is 0 Å². The van der Waals surface area contributed by atoms with Crippen LogP contribution in [0.1, 0.15) is 36.1 Å². The molecule has 1 aliphatic heterocycles. The minimum atomic E-state index is -3.81. The predicted molar refractivity (Wildman–Crippen MR) is 155 cm³/mol. The molecule has 1 fully saturated rings. The first-order chi connectivity index (χ1) is 19.1. The molecular weight excluding hydrogens is 556 g/mol. The van der Waals surface area contributed by atoms with E-state index in [-0.39, 0.29) is 23.2 Å². The number of nitrogens with one attached hydrogen (secondary N) is 1. The Labute approximate surface area is 237 Å². The first-order valence-corrected chi connectivity index (χ1v) is 15.5. The maximum atomic E-state index is 13.6. The Balaban J connectivity index is 1.62. The monoisotopic (exact) mass is 587 g/mol. The summed E-state index contributed by atoms with van der Waals surface area (Å²) < 4.78 is 63.7. The van der Waals surface area contributed by atoms with Crippen molar-refractivity contribution in [2.75, 3.05) is 37.7 Å². The summed E-state index contributed by atoms with van der Waals surface area (Å²) in [6.45, 7) is 0.628. The van der Waals surface area contributed by atoms with Gasteiger partial charge in [0.15, 0.2) is 0 Å². The molecule has 2 N–H and O–H groups in total. The Kier molecular flexibility index (Phi) is 8.21. The van der Waals surface area contributed by atoms with Crippen LogP contribution in [0.5, 0.6) is 0 Å². The molecule has 0 amide bonds. The van der Waals surface area contributed by atoms with Gasteiger partial charge in [-0.1, -0.05) is 11.9 Å². The third kappa shape index (κ3) is 5.36. The van der Waals surface area contributed by atoms with Gasteiger partial charge in [-0.05, 0) is 86.0 Å². The molecule has 0 radical (unpaired) electrons. The summed E-state index contributed by atoms with van der Waals surface area (Å²) >= 11 is 1.51. The lowest BCUT2D eigenvalue weighted by Crippen LogP contribution is -2.39. The zero-order valence-electron chi connectivity index (χ0n) is 22.4. The second-order valence-corrected chi connectivity index (χ2v) is 12.6. The summed E-state index contributed by atoms with van der Waals surface area (Å²) in [7, 11) is -0.251. The number of rotatable bonds is 8. The maximum Gasteiger partial charge on any atom is 0.243 e. The minimum Gasteiger partial charge on any atom is -0.456 e. The number of anilines is 1. The average molecular weight is 588 g/mol. The minimum absolute atomic E-state index is 0.0599. The predicted octanol–water partition coefficient (Wildman–Crippen LogP) is 5.87. The summed E-state index contributed by atoms with van der Waals surface area (Å²) in [6, 6.07) is 14.7. The molecule has 11 heteroatoms. The molecule has 2 atom stereocenters. The van der Waals surface area contributed by atoms with Crippen LogP contribution in [-0.4, -0.2) is 51.3 Å². The van der Waals surface area contributed by atoms with E-state index in [0.29, 0.717) is 40.8 Å². The molecule has 0 aliphatic carbocycles. The quantitative estimate of drug-likeness (QED) is 0.197. The van der Waals surface area contributed by atoms with Crippen LogP contribution in [0, 0.1) is 11.6 Å². The Hall–Kier alpha value is -2.96. The number of aliphatic hydroxyl groups is 1. The van der Waals surface area contributed by atoms with Gasteiger partial charge in [-0.25, -0.2) is 17.2 Å². The number of halogens is 2. The molecule has 5 rings (SSSR count). The molecule has 212 valence electrons. The fourth-order valence-corrected chi connectivity index (χ4v) is 7.15. The lowest BCUT2D eigenvalue weighted by Gasteiger charge is -2.34. The summed E-state index contributed by atoms with van der Waals surface area (Å²) in [4.78, 5) is 0.0599. The first kappa shape index (κ1) is 28.6. The van der Waals surface area contributed by atoms with Crippen LogP contribution in [0.4, 0.5) is 14.5 Å². The Morgan fingerprint density at radius 1 is 1.10 bits per heavy atom. The molecule has 2 unspecified atom stereocenters. The van der Waals surface area contributed by atoms with Crippen molar-refractivity contribution in [2.24, 2.45) is 0 Å². The van der Waals surface area contributed by atoms with Gasteiger partial charge in [-0.2, -0.15) is 4.31 Å². The number of benzene rings is 3. The lowest BCUT2D eigenvalue weighted by atomic mass is 9.89. The topological polar surface area (TPSA) is 86.0 Å². The zero-order valence-corrected chi connectivity index (χ0v) is 24.0. The average Bonchev–Trinajstić information content (AvgIpc) is 3.34. The number of hydrogen-bond donors (Lipinski definition) is 2. The van der Waals surface area contributed by atoms with Crippen LogP contribution in [-0.2, 0) is 10.0 Å². The molecule has 40 heavy (non-hydrogen) atoms. The first-order valence-electron chi connectivity index (χ1n) is 12.9. The van der Waals surface area contributed by atoms with Crippen molar-refractivity contribution in [2.45, 2.75) is 29.9 Å². The van der Waals surface area contributed by atoms with E-state index in [2.05, 4.69) is 5.32 Å². The summed E-state index contributed by atoms with van der Waals surface area (Å²) in [5.41, 5.74) is 3.50. The normalized spacial score (nSPS) is 17.3. The fraction of sp³-hybridized carbons (Fsp3) is 0.310. The van der Waals surface area contributed by atoms with Crippen LogP contribution in [0.25, 0.3) is 22.3 Å². The van der Waals surface area contributed by atoms with Crippen molar-refractivity contribution in [1.29, 1.82) is 0 Å². The largest absolute Gasteiger partial charge is 0.456 e. The smallest absolute Gasteiger partial charge is 0.243 e. The van der Waals surface area contributed by atoms with Crippen molar-refractivity contribution in [3.8, 4) is 11.3 Å². The van der Waals surface area contributed by atoms with Crippen molar-refractivity contribution < 1.29 is 26.7 Å². The highest BCUT2D eigenvalue weighted by Gasteiger charge is 2.33. The van der Waals surface area contributed by atoms with E-state index in [1.54, 1.807) is 19.2 Å². The van der Waals surface area contributed by atoms with E-state index in [1.165, 1.54) is 40.5 Å². The SMILES string of the molecule is CNC(O)c1c(-c2ccc(F)cc2)oc2cc(N(C)SC)c(C3CCCN(S(=O)(=O)c4ccc(F)cc4)C3)cc12. The molecule has 1 aliphatic rings. The summed E-state index contributed by atoms with van der Waals surface area (Å²) in [6.07, 6.45) is 2.31. The van der Waals surface area contributed by atoms with Crippen molar-refractivity contribution in [3.05, 3.63) is 83.4 Å². The number of aliphatic hydroxyl groups excluding tert-OH is 1. The van der Waals surface area contributed by atoms with Gasteiger partial charge in [0, 0.05) is 49.0 Å². The van der Waals surface area contributed by atoms with Crippen LogP contribution in [0.15, 0.2) is 70.0 Å². The van der Waals surface area contributed by atoms with Gasteiger partial charge in [-0.15, -0.1) is 0 Å². The molecule has 0 spiro atoms. The Morgan fingerprint density at radius 3 is 2.38 bits per heavy atom. The number of furan rings is 1. The van der Waals surface area contributed by atoms with Gasteiger partial charge < -0.3 is 13.8 Å². The van der Waals surface area contributed by atoms with Crippen molar-refractivity contribution in [3.63, 3.8) is 0 Å². The molecule has 0 saturated carbocycles. The number of nitrogens with zero attached hydrogens (tertiary/aromatic N) is 2. The van der Waals surface area contributed by atoms with E-state index in [1.807, 2.05) is 29.7 Å². The van der Waals surface area contributed by atoms with Crippen LogP contribution in [0.3, 0.4) is 0 Å². The highest BCUT2D eigenvalue weighted by Crippen LogP contribution is 2.44. The third-order valence-electron chi connectivity index (χ3n) is 7.42. The van der Waals surface area contributed by atoms with Gasteiger partial charge in [0.25, 0.3) is 0 Å². The second-order valence-electron chi connectivity index (χ2n) is 9.79. The number of sulfonamides is 1. The zero-order chi connectivity index (χ0) is 28.6. The van der Waals surface area contributed by atoms with Gasteiger partial charge in [0.1, 0.15) is 29.2 Å². The third-order valence-corrected chi connectivity index (χ3v) is 10.0. The summed E-state index contributed by atoms with van der Waals surface area (Å²) in [5, 5.41) is 14.5. The van der Waals surface area contributed by atoms with E-state index in [4.69, 9.17) is 4.42 Å². The highest BCUT2D eigenvalue weighted by molar-refractivity contribution is 7.99. The number of hydrogen-bond acceptors (Lipinski definition) is 7. The molecule has 2 heterocycles. The van der Waals surface area contributed by atoms with Gasteiger partial charge in [0.05, 0.1) is 10.6 Å². The molecule has 3 aromatic carbocycles. The molecule has 1 aromatic heterocycles. The van der Waals surface area contributed by atoms with Crippen molar-refractivity contribution >= 4 is 38.6 Å². The summed E-state index contributed by atoms with van der Waals surface area (Å²) in [5.74, 6) is -0.579. The van der Waals surface area contributed by atoms with Gasteiger partial charge in [-0.3, -0.25) is 5.32 Å². The molecule has 0 bridgehead atoms. The maximum absolute atomic E-state index is 13.6. The molecule has 7 nitrogen and oxygen atoms in total. The van der Waals surface area contributed by atoms with Gasteiger partial charge in [0.2, 0.25) is 10.0 Å². The molecule has 4 aromatic rings. The fourth-order valence-electron chi connectivity index (χ4n) is 5.27. The van der Waals surface area contributed by atoms with Crippen LogP contribution >= 0.6 is 11.9 Å².